The first-order valence-corrected chi connectivity index (χ1v) is 11.7. The zero-order valence-corrected chi connectivity index (χ0v) is 17.3. The molecule has 2 N–H and O–H groups in total. The number of thiophene rings is 1. The summed E-state index contributed by atoms with van der Waals surface area (Å²) in [6, 6.07) is 2.94. The van der Waals surface area contributed by atoms with E-state index < -0.39 is 5.92 Å². The standard InChI is InChI=1S/C22H28F2N2O2S/c23-22(24)7-3-14(4-8-22)26-21(27)19-12-17(20(29-19)13-1-2-13)16-11-18(16)25-15-5-9-28-10-6-15/h1,12,14-16,18,25H,2-11H2,(H,26,27). The maximum atomic E-state index is 13.4. The third kappa shape index (κ3) is 4.57. The zero-order chi connectivity index (χ0) is 20.0. The minimum absolute atomic E-state index is 0.103. The number of amides is 1. The molecule has 3 aliphatic carbocycles. The first-order valence-electron chi connectivity index (χ1n) is 10.8. The third-order valence-corrected chi connectivity index (χ3v) is 7.82. The van der Waals surface area contributed by atoms with Gasteiger partial charge in [0.15, 0.2) is 0 Å². The van der Waals surface area contributed by atoms with E-state index in [4.69, 9.17) is 4.74 Å². The number of hydrogen-bond acceptors (Lipinski definition) is 4. The number of alkyl halides is 2. The quantitative estimate of drug-likeness (QED) is 0.711. The van der Waals surface area contributed by atoms with Crippen LogP contribution in [0.1, 0.15) is 77.4 Å². The van der Waals surface area contributed by atoms with Gasteiger partial charge in [-0.05, 0) is 55.7 Å². The lowest BCUT2D eigenvalue weighted by Gasteiger charge is -2.28. The van der Waals surface area contributed by atoms with Crippen LogP contribution in [-0.2, 0) is 4.74 Å². The smallest absolute Gasteiger partial charge is 0.261 e. The SMILES string of the molecule is O=C(NC1CCC(F)(F)CC1)c1cc(C2CC2NC2CCOCC2)c(C2=CC2)s1. The summed E-state index contributed by atoms with van der Waals surface area (Å²) in [6.45, 7) is 1.67. The molecule has 3 fully saturated rings. The molecule has 4 nitrogen and oxygen atoms in total. The maximum Gasteiger partial charge on any atom is 0.261 e. The predicted molar refractivity (Wildman–Crippen MR) is 110 cm³/mol. The second kappa shape index (κ2) is 7.75. The van der Waals surface area contributed by atoms with Gasteiger partial charge in [0.1, 0.15) is 0 Å². The van der Waals surface area contributed by atoms with Crippen LogP contribution >= 0.6 is 11.3 Å². The number of nitrogens with one attached hydrogen (secondary N) is 2. The highest BCUT2D eigenvalue weighted by molar-refractivity contribution is 7.15. The molecule has 29 heavy (non-hydrogen) atoms. The van der Waals surface area contributed by atoms with Gasteiger partial charge in [-0.15, -0.1) is 11.3 Å². The second-order valence-electron chi connectivity index (χ2n) is 8.93. The van der Waals surface area contributed by atoms with Gasteiger partial charge in [0, 0.05) is 55.0 Å². The molecule has 1 aromatic heterocycles. The molecule has 1 saturated heterocycles. The molecule has 1 amide bonds. The maximum absolute atomic E-state index is 13.4. The van der Waals surface area contributed by atoms with E-state index in [0.717, 1.165) is 43.8 Å². The molecular formula is C22H28F2N2O2S. The zero-order valence-electron chi connectivity index (χ0n) is 16.5. The fraction of sp³-hybridized carbons (Fsp3) is 0.682. The summed E-state index contributed by atoms with van der Waals surface area (Å²) in [4.78, 5) is 14.8. The highest BCUT2D eigenvalue weighted by Crippen LogP contribution is 2.50. The van der Waals surface area contributed by atoms with Crippen molar-refractivity contribution in [1.82, 2.24) is 10.6 Å². The van der Waals surface area contributed by atoms with Gasteiger partial charge in [0.2, 0.25) is 5.92 Å². The van der Waals surface area contributed by atoms with Crippen molar-refractivity contribution in [3.8, 4) is 0 Å². The van der Waals surface area contributed by atoms with Crippen LogP contribution in [0.3, 0.4) is 0 Å². The van der Waals surface area contributed by atoms with E-state index in [9.17, 15) is 13.6 Å². The van der Waals surface area contributed by atoms with Crippen molar-refractivity contribution in [2.24, 2.45) is 0 Å². The average molecular weight is 423 g/mol. The van der Waals surface area contributed by atoms with Crippen LogP contribution in [0, 0.1) is 0 Å². The fourth-order valence-corrected chi connectivity index (χ4v) is 5.79. The second-order valence-corrected chi connectivity index (χ2v) is 9.99. The van der Waals surface area contributed by atoms with E-state index in [1.165, 1.54) is 16.0 Å². The van der Waals surface area contributed by atoms with Crippen LogP contribution in [0.5, 0.6) is 0 Å². The van der Waals surface area contributed by atoms with Crippen LogP contribution in [-0.4, -0.2) is 43.2 Å². The molecule has 2 saturated carbocycles. The van der Waals surface area contributed by atoms with E-state index in [1.54, 1.807) is 11.3 Å². The van der Waals surface area contributed by atoms with Crippen LogP contribution in [0.25, 0.3) is 5.57 Å². The average Bonchev–Trinajstić information content (AvgIpc) is 3.63. The van der Waals surface area contributed by atoms with E-state index in [2.05, 4.69) is 22.8 Å². The third-order valence-electron chi connectivity index (χ3n) is 6.60. The lowest BCUT2D eigenvalue weighted by atomic mass is 9.92. The largest absolute Gasteiger partial charge is 0.381 e. The Balaban J connectivity index is 1.23. The molecule has 1 aliphatic heterocycles. The summed E-state index contributed by atoms with van der Waals surface area (Å²) in [5.41, 5.74) is 2.64. The van der Waals surface area contributed by atoms with Gasteiger partial charge in [0.25, 0.3) is 5.91 Å². The van der Waals surface area contributed by atoms with Crippen molar-refractivity contribution < 1.29 is 18.3 Å². The first-order chi connectivity index (χ1) is 14.0. The molecule has 5 rings (SSSR count). The summed E-state index contributed by atoms with van der Waals surface area (Å²) < 4.78 is 32.2. The first kappa shape index (κ1) is 19.6. The van der Waals surface area contributed by atoms with E-state index >= 15 is 0 Å². The fourth-order valence-electron chi connectivity index (χ4n) is 4.61. The highest BCUT2D eigenvalue weighted by Gasteiger charge is 2.43. The molecule has 158 valence electrons. The van der Waals surface area contributed by atoms with Crippen LogP contribution in [0.15, 0.2) is 12.1 Å². The molecule has 0 bridgehead atoms. The number of ether oxygens (including phenoxy) is 1. The van der Waals surface area contributed by atoms with Crippen molar-refractivity contribution in [1.29, 1.82) is 0 Å². The Kier molecular flexibility index (Phi) is 5.25. The Bertz CT molecular complexity index is 806. The van der Waals surface area contributed by atoms with Gasteiger partial charge in [-0.2, -0.15) is 0 Å². The summed E-state index contributed by atoms with van der Waals surface area (Å²) in [7, 11) is 0. The molecule has 2 atom stereocenters. The lowest BCUT2D eigenvalue weighted by Crippen LogP contribution is -2.40. The highest BCUT2D eigenvalue weighted by atomic mass is 32.1. The molecule has 0 spiro atoms. The van der Waals surface area contributed by atoms with E-state index in [1.807, 2.05) is 0 Å². The molecule has 2 heterocycles. The predicted octanol–water partition coefficient (Wildman–Crippen LogP) is 4.47. The van der Waals surface area contributed by atoms with Crippen LogP contribution < -0.4 is 10.6 Å². The van der Waals surface area contributed by atoms with Crippen molar-refractivity contribution in [2.45, 2.75) is 81.3 Å². The minimum atomic E-state index is -2.57. The van der Waals surface area contributed by atoms with Gasteiger partial charge in [-0.1, -0.05) is 6.08 Å². The molecular weight excluding hydrogens is 394 g/mol. The topological polar surface area (TPSA) is 50.4 Å². The molecule has 0 aromatic carbocycles. The summed E-state index contributed by atoms with van der Waals surface area (Å²) in [6.07, 6.45) is 6.93. The van der Waals surface area contributed by atoms with Crippen LogP contribution in [0.2, 0.25) is 0 Å². The van der Waals surface area contributed by atoms with Gasteiger partial charge < -0.3 is 15.4 Å². The van der Waals surface area contributed by atoms with Crippen molar-refractivity contribution >= 4 is 22.8 Å². The monoisotopic (exact) mass is 422 g/mol. The number of carbonyl (C=O) groups excluding carboxylic acids is 1. The van der Waals surface area contributed by atoms with Crippen LogP contribution in [0.4, 0.5) is 8.78 Å². The Morgan fingerprint density at radius 1 is 1.14 bits per heavy atom. The van der Waals surface area contributed by atoms with Crippen molar-refractivity contribution in [3.63, 3.8) is 0 Å². The summed E-state index contributed by atoms with van der Waals surface area (Å²) in [5, 5.41) is 6.77. The minimum Gasteiger partial charge on any atom is -0.381 e. The van der Waals surface area contributed by atoms with Crippen molar-refractivity contribution in [3.05, 3.63) is 27.5 Å². The molecule has 2 unspecified atom stereocenters. The Morgan fingerprint density at radius 3 is 2.55 bits per heavy atom. The number of hydrogen-bond donors (Lipinski definition) is 2. The number of rotatable bonds is 6. The Labute approximate surface area is 174 Å². The molecule has 4 aliphatic rings. The normalized spacial score (nSPS) is 29.4. The van der Waals surface area contributed by atoms with Gasteiger partial charge >= 0.3 is 0 Å². The Morgan fingerprint density at radius 2 is 1.86 bits per heavy atom. The molecule has 0 radical (unpaired) electrons. The van der Waals surface area contributed by atoms with Gasteiger partial charge in [-0.3, -0.25) is 4.79 Å². The van der Waals surface area contributed by atoms with E-state index in [0.29, 0.717) is 30.8 Å². The number of halogens is 2. The summed E-state index contributed by atoms with van der Waals surface area (Å²) >= 11 is 1.57. The Hall–Kier alpha value is -1.31. The number of carbonyl (C=O) groups is 1. The van der Waals surface area contributed by atoms with E-state index in [-0.39, 0.29) is 24.8 Å². The van der Waals surface area contributed by atoms with Crippen molar-refractivity contribution in [2.75, 3.05) is 13.2 Å². The number of allylic oxidation sites excluding steroid dienone is 2. The molecule has 7 heteroatoms. The molecule has 1 aromatic rings. The van der Waals surface area contributed by atoms with Gasteiger partial charge in [0.05, 0.1) is 4.88 Å². The summed E-state index contributed by atoms with van der Waals surface area (Å²) in [5.74, 6) is -2.20. The van der Waals surface area contributed by atoms with Gasteiger partial charge in [-0.25, -0.2) is 8.78 Å². The lowest BCUT2D eigenvalue weighted by molar-refractivity contribution is -0.0399.